The number of alkyl halides is 6. The van der Waals surface area contributed by atoms with E-state index in [-0.39, 0.29) is 61.4 Å². The van der Waals surface area contributed by atoms with Crippen molar-refractivity contribution in [2.75, 3.05) is 27.2 Å². The Balaban J connectivity index is 1.67. The second kappa shape index (κ2) is 21.2. The molecule has 23 heteroatoms. The van der Waals surface area contributed by atoms with Crippen molar-refractivity contribution in [1.82, 2.24) is 36.0 Å². The molecule has 1 aromatic rings. The van der Waals surface area contributed by atoms with Crippen LogP contribution in [0.2, 0.25) is 5.02 Å². The van der Waals surface area contributed by atoms with E-state index in [0.29, 0.717) is 17.7 Å². The van der Waals surface area contributed by atoms with Gasteiger partial charge in [0.1, 0.15) is 47.7 Å². The number of hydrogen-bond acceptors (Lipinski definition) is 9. The summed E-state index contributed by atoms with van der Waals surface area (Å²) in [5.41, 5.74) is -5.50. The fourth-order valence-electron chi connectivity index (χ4n) is 7.82. The lowest BCUT2D eigenvalue weighted by Gasteiger charge is -2.36. The fraction of sp³-hybridized carbons (Fsp3) is 0.690. The second-order valence-corrected chi connectivity index (χ2v) is 18.5. The maximum absolute atomic E-state index is 14.7. The van der Waals surface area contributed by atoms with Crippen LogP contribution in [0, 0.1) is 11.8 Å². The van der Waals surface area contributed by atoms with Gasteiger partial charge in [-0.25, -0.2) is 4.39 Å². The zero-order chi connectivity index (χ0) is 48.9. The number of benzene rings is 1. The topological polar surface area (TPSA) is 207 Å². The molecule has 2 saturated heterocycles. The summed E-state index contributed by atoms with van der Waals surface area (Å²) in [6.45, 7) is 2.42. The molecule has 1 aromatic carbocycles. The van der Waals surface area contributed by atoms with E-state index in [1.165, 1.54) is 46.1 Å². The number of carbonyl (C=O) groups is 7. The largest absolute Gasteiger partial charge is 0.435 e. The van der Waals surface area contributed by atoms with Crippen LogP contribution >= 0.6 is 11.6 Å². The molecule has 2 heterocycles. The van der Waals surface area contributed by atoms with Crippen molar-refractivity contribution in [3.8, 4) is 5.75 Å². The highest BCUT2D eigenvalue weighted by molar-refractivity contribution is 6.30. The Morgan fingerprint density at radius 3 is 2.29 bits per heavy atom. The highest BCUT2D eigenvalue weighted by Crippen LogP contribution is 2.37. The first-order chi connectivity index (χ1) is 30.1. The molecule has 65 heavy (non-hydrogen) atoms. The van der Waals surface area contributed by atoms with E-state index in [0.717, 1.165) is 9.80 Å². The number of carbonyl (C=O) groups excluding carboxylic acids is 7. The molecule has 7 amide bonds. The highest BCUT2D eigenvalue weighted by Gasteiger charge is 2.59. The SMILES string of the molecule is CC(C)C[C@@H]1NC(=O)[C@@H](N(C)C(=O)[C@@H](NC(=O)[C@@H]2C[C@@H](F)CN2C(=O)[C@@](C)(O)C(F)(F)F)C2CC2)CCCCNC(=O)C(C)(C)NC(=O)[C@H](Cc2cc(Cl)ccc2OC(F)F)N(C)C1=O. The molecule has 4 rings (SSSR count). The lowest BCUT2D eigenvalue weighted by atomic mass is 9.97. The predicted molar refractivity (Wildman–Crippen MR) is 222 cm³/mol. The maximum Gasteiger partial charge on any atom is 0.426 e. The van der Waals surface area contributed by atoms with Crippen LogP contribution in [0.3, 0.4) is 0 Å². The van der Waals surface area contributed by atoms with Gasteiger partial charge in [0.2, 0.25) is 41.0 Å². The van der Waals surface area contributed by atoms with E-state index in [4.69, 9.17) is 11.6 Å². The predicted octanol–water partition coefficient (Wildman–Crippen LogP) is 3.01. The van der Waals surface area contributed by atoms with Gasteiger partial charge in [0.05, 0.1) is 6.54 Å². The Morgan fingerprint density at radius 2 is 1.71 bits per heavy atom. The molecule has 1 aliphatic carbocycles. The second-order valence-electron chi connectivity index (χ2n) is 18.0. The minimum Gasteiger partial charge on any atom is -0.435 e. The Hall–Kier alpha value is -4.86. The van der Waals surface area contributed by atoms with Gasteiger partial charge in [-0.1, -0.05) is 25.4 Å². The summed E-state index contributed by atoms with van der Waals surface area (Å²) in [5.74, 6) is -8.12. The Morgan fingerprint density at radius 1 is 1.06 bits per heavy atom. The Labute approximate surface area is 377 Å². The molecule has 0 unspecified atom stereocenters. The van der Waals surface area contributed by atoms with Gasteiger partial charge < -0.3 is 45.8 Å². The van der Waals surface area contributed by atoms with Crippen LogP contribution in [0.5, 0.6) is 5.75 Å². The molecule has 3 aliphatic rings. The fourth-order valence-corrected chi connectivity index (χ4v) is 8.01. The normalized spacial score (nSPS) is 25.3. The van der Waals surface area contributed by atoms with Crippen molar-refractivity contribution in [2.45, 2.75) is 146 Å². The average molecular weight is 954 g/mol. The molecule has 364 valence electrons. The molecular formula is C42H58ClF6N7O9. The van der Waals surface area contributed by atoms with Gasteiger partial charge >= 0.3 is 12.8 Å². The zero-order valence-electron chi connectivity index (χ0n) is 37.2. The number of likely N-dealkylation sites (N-methyl/N-ethyl adjacent to an activating group) is 2. The average Bonchev–Trinajstić information content (AvgIpc) is 3.97. The lowest BCUT2D eigenvalue weighted by Crippen LogP contribution is -2.62. The van der Waals surface area contributed by atoms with Gasteiger partial charge in [-0.2, -0.15) is 22.0 Å². The van der Waals surface area contributed by atoms with Crippen molar-refractivity contribution >= 4 is 53.0 Å². The summed E-state index contributed by atoms with van der Waals surface area (Å²) < 4.78 is 87.0. The van der Waals surface area contributed by atoms with E-state index in [1.807, 2.05) is 0 Å². The van der Waals surface area contributed by atoms with Gasteiger partial charge in [-0.3, -0.25) is 33.6 Å². The minimum absolute atomic E-state index is 0.00654. The number of nitrogens with one attached hydrogen (secondary N) is 4. The van der Waals surface area contributed by atoms with Crippen molar-refractivity contribution < 1.29 is 69.7 Å². The zero-order valence-corrected chi connectivity index (χ0v) is 38.0. The van der Waals surface area contributed by atoms with Crippen molar-refractivity contribution in [2.24, 2.45) is 11.8 Å². The smallest absolute Gasteiger partial charge is 0.426 e. The van der Waals surface area contributed by atoms with Crippen LogP contribution in [0.1, 0.15) is 85.1 Å². The van der Waals surface area contributed by atoms with Gasteiger partial charge in [0, 0.05) is 38.5 Å². The number of rotatable bonds is 12. The quantitative estimate of drug-likeness (QED) is 0.195. The van der Waals surface area contributed by atoms with Crippen LogP contribution < -0.4 is 26.0 Å². The van der Waals surface area contributed by atoms with E-state index in [9.17, 15) is 65.0 Å². The molecule has 0 bridgehead atoms. The van der Waals surface area contributed by atoms with E-state index < -0.39 is 127 Å². The van der Waals surface area contributed by atoms with Crippen molar-refractivity contribution in [3.63, 3.8) is 0 Å². The molecule has 3 fully saturated rings. The first-order valence-corrected chi connectivity index (χ1v) is 21.7. The van der Waals surface area contributed by atoms with Gasteiger partial charge in [0.15, 0.2) is 0 Å². The van der Waals surface area contributed by atoms with E-state index in [1.54, 1.807) is 13.8 Å². The third-order valence-electron chi connectivity index (χ3n) is 11.8. The molecule has 7 atom stereocenters. The third-order valence-corrected chi connectivity index (χ3v) is 12.1. The maximum atomic E-state index is 14.7. The van der Waals surface area contributed by atoms with Crippen LogP contribution in [-0.4, -0.2) is 149 Å². The summed E-state index contributed by atoms with van der Waals surface area (Å²) >= 11 is 6.20. The molecule has 16 nitrogen and oxygen atoms in total. The molecule has 1 saturated carbocycles. The molecular weight excluding hydrogens is 896 g/mol. The molecule has 5 N–H and O–H groups in total. The third kappa shape index (κ3) is 13.2. The Bertz CT molecular complexity index is 1950. The summed E-state index contributed by atoms with van der Waals surface area (Å²) in [6, 6.07) is -3.65. The van der Waals surface area contributed by atoms with E-state index in [2.05, 4.69) is 26.0 Å². The number of nitrogens with zero attached hydrogens (tertiary/aromatic N) is 3. The summed E-state index contributed by atoms with van der Waals surface area (Å²) in [6.07, 6.45) is -7.27. The molecule has 0 aromatic heterocycles. The van der Waals surface area contributed by atoms with Crippen LogP contribution in [0.25, 0.3) is 0 Å². The molecule has 0 radical (unpaired) electrons. The monoisotopic (exact) mass is 953 g/mol. The lowest BCUT2D eigenvalue weighted by molar-refractivity contribution is -0.250. The summed E-state index contributed by atoms with van der Waals surface area (Å²) in [5, 5.41) is 20.7. The number of hydrogen-bond donors (Lipinski definition) is 5. The molecule has 2 aliphatic heterocycles. The number of ether oxygens (including phenoxy) is 1. The van der Waals surface area contributed by atoms with Gasteiger partial charge in [-0.15, -0.1) is 0 Å². The standard InChI is InChI=1S/C42H58ClF6N7O9/c1-21(2)16-26-35(60)55(7)28(18-23-17-24(43)13-14-30(23)65-39(45)46)34(59)53-40(3,4)37(62)50-15-9-8-10-27(32(57)51-26)54(6)36(61)31(22-11-12-22)52-33(58)29-19-25(44)20-56(29)38(63)41(5,64)42(47,48)49/h13-14,17,21-22,25-29,31,39,64H,8-12,15-16,18-20H2,1-7H3,(H,50,62)(H,51,57)(H,52,58)(H,53,59)/t25-,26+,27+,28+,29+,31+,41-/m1/s1. The molecule has 0 spiro atoms. The van der Waals surface area contributed by atoms with Crippen LogP contribution in [0.4, 0.5) is 26.3 Å². The first-order valence-electron chi connectivity index (χ1n) is 21.3. The Kier molecular flexibility index (Phi) is 17.2. The summed E-state index contributed by atoms with van der Waals surface area (Å²) in [4.78, 5) is 99.7. The number of amides is 7. The van der Waals surface area contributed by atoms with E-state index >= 15 is 0 Å². The van der Waals surface area contributed by atoms with Crippen molar-refractivity contribution in [1.29, 1.82) is 0 Å². The number of aliphatic hydroxyl groups is 1. The highest BCUT2D eigenvalue weighted by atomic mass is 35.5. The van der Waals surface area contributed by atoms with Crippen LogP contribution in [-0.2, 0) is 40.0 Å². The van der Waals surface area contributed by atoms with Crippen LogP contribution in [0.15, 0.2) is 18.2 Å². The van der Waals surface area contributed by atoms with Gasteiger partial charge in [0.25, 0.3) is 5.91 Å². The van der Waals surface area contributed by atoms with Gasteiger partial charge in [-0.05, 0) is 94.9 Å². The number of halogens is 7. The minimum atomic E-state index is -5.46. The first kappa shape index (κ1) is 52.8. The number of likely N-dealkylation sites (tertiary alicyclic amines) is 1. The van der Waals surface area contributed by atoms with Crippen molar-refractivity contribution in [3.05, 3.63) is 28.8 Å². The summed E-state index contributed by atoms with van der Waals surface area (Å²) in [7, 11) is 2.53.